The first-order valence-corrected chi connectivity index (χ1v) is 2.98. The Hall–Kier alpha value is -0.710. The molecule has 1 rings (SSSR count). The van der Waals surface area contributed by atoms with E-state index in [1.54, 1.807) is 0 Å². The summed E-state index contributed by atoms with van der Waals surface area (Å²) in [6.07, 6.45) is 1.33. The van der Waals surface area contributed by atoms with Crippen molar-refractivity contribution in [3.63, 3.8) is 0 Å². The summed E-state index contributed by atoms with van der Waals surface area (Å²) < 4.78 is 4.73. The van der Waals surface area contributed by atoms with E-state index in [1.165, 1.54) is 12.2 Å². The number of aliphatic hydroxyl groups is 1. The number of carbonyl (C=O) groups excluding carboxylic acids is 1. The number of carbonyl (C=O) groups is 1. The quantitative estimate of drug-likeness (QED) is 0.475. The maximum Gasteiger partial charge on any atom is 0.179 e. The van der Waals surface area contributed by atoms with Gasteiger partial charge in [0, 0.05) is 0 Å². The molecule has 0 saturated heterocycles. The minimum atomic E-state index is -0.944. The first-order valence-electron chi connectivity index (χ1n) is 2.98. The summed E-state index contributed by atoms with van der Waals surface area (Å²) in [5, 5.41) is 8.74. The van der Waals surface area contributed by atoms with Crippen LogP contribution in [0.1, 0.15) is 0 Å². The van der Waals surface area contributed by atoms with Gasteiger partial charge in [-0.2, -0.15) is 0 Å². The number of aliphatic hydroxyl groups excluding tert-OH is 1. The van der Waals surface area contributed by atoms with E-state index >= 15 is 0 Å². The molecular formula is C6H9NO3. The Labute approximate surface area is 58.3 Å². The minimum Gasteiger partial charge on any atom is -0.365 e. The summed E-state index contributed by atoms with van der Waals surface area (Å²) in [4.78, 5) is 10.7. The monoisotopic (exact) mass is 143 g/mol. The van der Waals surface area contributed by atoms with Crippen molar-refractivity contribution >= 4 is 5.78 Å². The number of Topliss-reactive ketones (excluding diaryl/α,β-unsaturated/α-hetero) is 1. The van der Waals surface area contributed by atoms with E-state index in [0.717, 1.165) is 0 Å². The Kier molecular flexibility index (Phi) is 2.16. The predicted molar refractivity (Wildman–Crippen MR) is 34.1 cm³/mol. The van der Waals surface area contributed by atoms with Crippen LogP contribution in [0.25, 0.3) is 0 Å². The molecule has 1 heterocycles. The third-order valence-corrected chi connectivity index (χ3v) is 1.26. The van der Waals surface area contributed by atoms with Crippen molar-refractivity contribution < 1.29 is 14.6 Å². The van der Waals surface area contributed by atoms with Crippen LogP contribution in [0.2, 0.25) is 0 Å². The van der Waals surface area contributed by atoms with Crippen molar-refractivity contribution in [3.8, 4) is 0 Å². The van der Waals surface area contributed by atoms with Crippen LogP contribution in [-0.2, 0) is 9.53 Å². The molecule has 3 N–H and O–H groups in total. The molecule has 4 nitrogen and oxygen atoms in total. The molecule has 2 unspecified atom stereocenters. The second kappa shape index (κ2) is 2.92. The number of hydrogen-bond donors (Lipinski definition) is 2. The molecule has 0 bridgehead atoms. The second-order valence-electron chi connectivity index (χ2n) is 2.00. The van der Waals surface area contributed by atoms with Crippen LogP contribution in [0, 0.1) is 0 Å². The molecule has 1 aliphatic rings. The SMILES string of the molecule is NCC(=O)C1C=CC(O)O1. The molecule has 0 aromatic heterocycles. The third-order valence-electron chi connectivity index (χ3n) is 1.26. The number of hydrogen-bond acceptors (Lipinski definition) is 4. The topological polar surface area (TPSA) is 72.6 Å². The molecular weight excluding hydrogens is 134 g/mol. The van der Waals surface area contributed by atoms with Crippen LogP contribution in [0.4, 0.5) is 0 Å². The van der Waals surface area contributed by atoms with E-state index < -0.39 is 12.4 Å². The van der Waals surface area contributed by atoms with Crippen molar-refractivity contribution in [3.05, 3.63) is 12.2 Å². The van der Waals surface area contributed by atoms with Gasteiger partial charge in [0.05, 0.1) is 6.54 Å². The lowest BCUT2D eigenvalue weighted by Crippen LogP contribution is -2.28. The highest BCUT2D eigenvalue weighted by molar-refractivity contribution is 5.86. The summed E-state index contributed by atoms with van der Waals surface area (Å²) in [5.74, 6) is -0.215. The first-order chi connectivity index (χ1) is 4.74. The Bertz CT molecular complexity index is 166. The Morgan fingerprint density at radius 2 is 2.40 bits per heavy atom. The van der Waals surface area contributed by atoms with Gasteiger partial charge >= 0.3 is 0 Å². The summed E-state index contributed by atoms with van der Waals surface area (Å²) >= 11 is 0. The number of ether oxygens (including phenoxy) is 1. The second-order valence-corrected chi connectivity index (χ2v) is 2.00. The number of nitrogens with two attached hydrogens (primary N) is 1. The molecule has 56 valence electrons. The molecule has 10 heavy (non-hydrogen) atoms. The third kappa shape index (κ3) is 1.41. The van der Waals surface area contributed by atoms with Crippen molar-refractivity contribution in [1.29, 1.82) is 0 Å². The normalized spacial score (nSPS) is 31.0. The van der Waals surface area contributed by atoms with E-state index in [9.17, 15) is 4.79 Å². The van der Waals surface area contributed by atoms with Crippen LogP contribution < -0.4 is 5.73 Å². The van der Waals surface area contributed by atoms with Crippen LogP contribution in [-0.4, -0.2) is 29.8 Å². The van der Waals surface area contributed by atoms with Crippen molar-refractivity contribution in [1.82, 2.24) is 0 Å². The largest absolute Gasteiger partial charge is 0.365 e. The Balaban J connectivity index is 2.46. The molecule has 0 amide bonds. The van der Waals surface area contributed by atoms with Gasteiger partial charge in [0.15, 0.2) is 12.1 Å². The number of ketones is 1. The minimum absolute atomic E-state index is 0.0538. The zero-order valence-corrected chi connectivity index (χ0v) is 5.36. The van der Waals surface area contributed by atoms with Crippen LogP contribution in [0.5, 0.6) is 0 Å². The lowest BCUT2D eigenvalue weighted by molar-refractivity contribution is -0.136. The highest BCUT2D eigenvalue weighted by Crippen LogP contribution is 2.08. The lowest BCUT2D eigenvalue weighted by Gasteiger charge is -2.06. The van der Waals surface area contributed by atoms with Gasteiger partial charge in [0.1, 0.15) is 6.10 Å². The van der Waals surface area contributed by atoms with E-state index in [2.05, 4.69) is 0 Å². The van der Waals surface area contributed by atoms with E-state index in [0.29, 0.717) is 0 Å². The maximum atomic E-state index is 10.7. The molecule has 0 saturated carbocycles. The van der Waals surface area contributed by atoms with Crippen molar-refractivity contribution in [2.24, 2.45) is 5.73 Å². The molecule has 1 aliphatic heterocycles. The molecule has 4 heteroatoms. The first kappa shape index (κ1) is 7.40. The van der Waals surface area contributed by atoms with Gasteiger partial charge in [-0.3, -0.25) is 4.79 Å². The summed E-state index contributed by atoms with van der Waals surface area (Å²) in [5.41, 5.74) is 5.05. The number of rotatable bonds is 2. The van der Waals surface area contributed by atoms with Crippen molar-refractivity contribution in [2.45, 2.75) is 12.4 Å². The van der Waals surface area contributed by atoms with E-state index in [1.807, 2.05) is 0 Å². The summed E-state index contributed by atoms with van der Waals surface area (Å²) in [6.45, 7) is -0.0538. The van der Waals surface area contributed by atoms with Crippen LogP contribution >= 0.6 is 0 Å². The van der Waals surface area contributed by atoms with Gasteiger partial charge < -0.3 is 15.6 Å². The Morgan fingerprint density at radius 3 is 2.80 bits per heavy atom. The van der Waals surface area contributed by atoms with Gasteiger partial charge in [-0.15, -0.1) is 0 Å². The average Bonchev–Trinajstić information content (AvgIpc) is 2.34. The van der Waals surface area contributed by atoms with Gasteiger partial charge in [-0.1, -0.05) is 0 Å². The zero-order valence-electron chi connectivity index (χ0n) is 5.36. The zero-order chi connectivity index (χ0) is 7.56. The summed E-state index contributed by atoms with van der Waals surface area (Å²) in [6, 6.07) is 0. The lowest BCUT2D eigenvalue weighted by atomic mass is 10.2. The maximum absolute atomic E-state index is 10.7. The molecule has 0 radical (unpaired) electrons. The van der Waals surface area contributed by atoms with E-state index in [4.69, 9.17) is 15.6 Å². The van der Waals surface area contributed by atoms with Gasteiger partial charge in [-0.05, 0) is 12.2 Å². The molecule has 0 spiro atoms. The molecule has 0 aromatic carbocycles. The van der Waals surface area contributed by atoms with Crippen LogP contribution in [0.3, 0.4) is 0 Å². The molecule has 0 aromatic rings. The Morgan fingerprint density at radius 1 is 1.70 bits per heavy atom. The standard InChI is InChI=1S/C6H9NO3/c7-3-4(8)5-1-2-6(9)10-5/h1-2,5-6,9H,3,7H2. The van der Waals surface area contributed by atoms with Crippen molar-refractivity contribution in [2.75, 3.05) is 6.54 Å². The highest BCUT2D eigenvalue weighted by Gasteiger charge is 2.22. The smallest absolute Gasteiger partial charge is 0.179 e. The molecule has 0 aliphatic carbocycles. The molecule has 0 fully saturated rings. The predicted octanol–water partition coefficient (Wildman–Crippen LogP) is -1.21. The fraction of sp³-hybridized carbons (Fsp3) is 0.500. The molecule has 2 atom stereocenters. The average molecular weight is 143 g/mol. The van der Waals surface area contributed by atoms with Crippen LogP contribution in [0.15, 0.2) is 12.2 Å². The van der Waals surface area contributed by atoms with Gasteiger partial charge in [-0.25, -0.2) is 0 Å². The van der Waals surface area contributed by atoms with E-state index in [-0.39, 0.29) is 12.3 Å². The van der Waals surface area contributed by atoms with Gasteiger partial charge in [0.2, 0.25) is 0 Å². The fourth-order valence-electron chi connectivity index (χ4n) is 0.736. The fourth-order valence-corrected chi connectivity index (χ4v) is 0.736. The highest BCUT2D eigenvalue weighted by atomic mass is 16.6. The van der Waals surface area contributed by atoms with Gasteiger partial charge in [0.25, 0.3) is 0 Å². The summed E-state index contributed by atoms with van der Waals surface area (Å²) in [7, 11) is 0.